The number of hydrogen-bond acceptors (Lipinski definition) is 6. The van der Waals surface area contributed by atoms with E-state index < -0.39 is 21.6 Å². The van der Waals surface area contributed by atoms with Crippen molar-refractivity contribution in [2.75, 3.05) is 5.75 Å². The van der Waals surface area contributed by atoms with Crippen molar-refractivity contribution in [2.45, 2.75) is 24.3 Å². The lowest BCUT2D eigenvalue weighted by molar-refractivity contribution is -0.0425. The molecule has 2 heterocycles. The van der Waals surface area contributed by atoms with Crippen LogP contribution in [0.1, 0.15) is 19.5 Å². The van der Waals surface area contributed by atoms with E-state index in [1.807, 2.05) is 13.0 Å². The van der Waals surface area contributed by atoms with Crippen molar-refractivity contribution in [2.24, 2.45) is 4.99 Å². The molecule has 0 aliphatic rings. The van der Waals surface area contributed by atoms with Gasteiger partial charge in [0.1, 0.15) is 16.3 Å². The molecule has 134 valence electrons. The van der Waals surface area contributed by atoms with Gasteiger partial charge in [-0.1, -0.05) is 6.92 Å². The maximum Gasteiger partial charge on any atom is 0.577 e. The Morgan fingerprint density at radius 3 is 2.84 bits per heavy atom. The van der Waals surface area contributed by atoms with Crippen LogP contribution in [0.5, 0.6) is 0 Å². The highest BCUT2D eigenvalue weighted by atomic mass is 32.2. The van der Waals surface area contributed by atoms with Crippen LogP contribution in [0, 0.1) is 0 Å². The summed E-state index contributed by atoms with van der Waals surface area (Å²) in [6.07, 6.45) is 2.58. The van der Waals surface area contributed by atoms with Crippen LogP contribution in [0.4, 0.5) is 19.1 Å². The van der Waals surface area contributed by atoms with Crippen LogP contribution >= 0.6 is 11.8 Å². The summed E-state index contributed by atoms with van der Waals surface area (Å²) in [4.78, 5) is 12.4. The minimum Gasteiger partial charge on any atom is -0.605 e. The fraction of sp³-hybridized carbons (Fsp3) is 0.267. The van der Waals surface area contributed by atoms with Crippen molar-refractivity contribution in [3.8, 4) is 11.6 Å². The molecular weight excluding hydrogens is 375 g/mol. The van der Waals surface area contributed by atoms with Gasteiger partial charge in [0.2, 0.25) is 11.8 Å². The van der Waals surface area contributed by atoms with Crippen LogP contribution in [0.3, 0.4) is 0 Å². The van der Waals surface area contributed by atoms with E-state index >= 15 is 0 Å². The van der Waals surface area contributed by atoms with Gasteiger partial charge in [-0.2, -0.15) is 0 Å². The van der Waals surface area contributed by atoms with Crippen LogP contribution in [0.25, 0.3) is 17.7 Å². The van der Waals surface area contributed by atoms with E-state index in [0.29, 0.717) is 5.69 Å². The molecule has 0 aliphatic carbocycles. The van der Waals surface area contributed by atoms with Crippen molar-refractivity contribution >= 4 is 41.6 Å². The molecule has 5 nitrogen and oxygen atoms in total. The topological polar surface area (TPSA) is 74.3 Å². The van der Waals surface area contributed by atoms with Gasteiger partial charge in [-0.05, 0) is 24.6 Å². The minimum atomic E-state index is -4.85. The Balaban J connectivity index is 2.46. The van der Waals surface area contributed by atoms with E-state index in [4.69, 9.17) is 4.42 Å². The zero-order valence-corrected chi connectivity index (χ0v) is 15.0. The number of halogens is 3. The molecule has 0 saturated heterocycles. The maximum absolute atomic E-state index is 12.6. The molecule has 2 aromatic heterocycles. The van der Waals surface area contributed by atoms with E-state index in [9.17, 15) is 17.7 Å². The number of pyridine rings is 1. The van der Waals surface area contributed by atoms with Crippen molar-refractivity contribution in [1.29, 1.82) is 0 Å². The monoisotopic (exact) mass is 389 g/mol. The summed E-state index contributed by atoms with van der Waals surface area (Å²) in [5, 5.41) is 0. The number of nitrogens with zero attached hydrogens (tertiary/aromatic N) is 3. The second kappa shape index (κ2) is 8.07. The lowest BCUT2D eigenvalue weighted by Gasteiger charge is -2.11. The normalized spacial score (nSPS) is 13.8. The van der Waals surface area contributed by atoms with Gasteiger partial charge >= 0.3 is 5.51 Å². The second-order valence-corrected chi connectivity index (χ2v) is 7.57. The van der Waals surface area contributed by atoms with E-state index in [1.54, 1.807) is 12.3 Å². The van der Waals surface area contributed by atoms with Gasteiger partial charge in [0.05, 0.1) is 11.2 Å². The molecule has 0 saturated carbocycles. The average molecular weight is 389 g/mol. The summed E-state index contributed by atoms with van der Waals surface area (Å²) in [5.74, 6) is 0.838. The summed E-state index contributed by atoms with van der Waals surface area (Å²) in [5.41, 5.74) is -4.38. The van der Waals surface area contributed by atoms with Crippen LogP contribution in [-0.2, 0) is 11.2 Å². The molecule has 0 aliphatic heterocycles. The van der Waals surface area contributed by atoms with Crippen molar-refractivity contribution in [3.63, 3.8) is 0 Å². The fourth-order valence-corrected chi connectivity index (χ4v) is 3.23. The Bertz CT molecular complexity index is 791. The molecule has 2 aromatic rings. The summed E-state index contributed by atoms with van der Waals surface area (Å²) in [6.45, 7) is 6.39. The molecule has 0 N–H and O–H groups in total. The number of aromatic nitrogens is 2. The first-order valence-corrected chi connectivity index (χ1v) is 9.14. The summed E-state index contributed by atoms with van der Waals surface area (Å²) >= 11 is -1.62. The van der Waals surface area contributed by atoms with Gasteiger partial charge in [-0.15, -0.1) is 24.9 Å². The van der Waals surface area contributed by atoms with Gasteiger partial charge in [-0.25, -0.2) is 15.0 Å². The van der Waals surface area contributed by atoms with Crippen LogP contribution in [-0.4, -0.2) is 32.5 Å². The van der Waals surface area contributed by atoms with E-state index in [0.717, 1.165) is 23.6 Å². The number of allylic oxidation sites excluding steroid dienone is 1. The molecule has 1 unspecified atom stereocenters. The first kappa shape index (κ1) is 19.5. The van der Waals surface area contributed by atoms with Gasteiger partial charge in [0.25, 0.3) is 0 Å². The quantitative estimate of drug-likeness (QED) is 0.403. The Kier molecular flexibility index (Phi) is 6.31. The molecule has 0 spiro atoms. The van der Waals surface area contributed by atoms with Crippen LogP contribution < -0.4 is 0 Å². The predicted octanol–water partition coefficient (Wildman–Crippen LogP) is 4.81. The lowest BCUT2D eigenvalue weighted by atomic mass is 10.3. The zero-order chi connectivity index (χ0) is 18.6. The second-order valence-electron chi connectivity index (χ2n) is 4.62. The van der Waals surface area contributed by atoms with E-state index in [2.05, 4.69) is 21.7 Å². The molecule has 2 rings (SSSR count). The molecule has 10 heteroatoms. The number of rotatable bonds is 6. The van der Waals surface area contributed by atoms with Crippen LogP contribution in [0.2, 0.25) is 0 Å². The molecule has 25 heavy (non-hydrogen) atoms. The van der Waals surface area contributed by atoms with Crippen molar-refractivity contribution in [1.82, 2.24) is 9.97 Å². The number of alkyl halides is 3. The van der Waals surface area contributed by atoms with Gasteiger partial charge in [0.15, 0.2) is 0 Å². The number of aliphatic imine (C=N–C) groups is 1. The van der Waals surface area contributed by atoms with Gasteiger partial charge < -0.3 is 8.97 Å². The first-order valence-electron chi connectivity index (χ1n) is 7.00. The third kappa shape index (κ3) is 4.65. The highest BCUT2D eigenvalue weighted by molar-refractivity contribution is 7.99. The average Bonchev–Trinajstić information content (AvgIpc) is 2.96. The highest BCUT2D eigenvalue weighted by Crippen LogP contribution is 2.35. The Morgan fingerprint density at radius 1 is 1.52 bits per heavy atom. The van der Waals surface area contributed by atoms with E-state index in [-0.39, 0.29) is 17.5 Å². The number of thioether (sulfide) groups is 1. The number of hydrogen-bond donors (Lipinski definition) is 0. The summed E-state index contributed by atoms with van der Waals surface area (Å²) in [6, 6.07) is 3.59. The molecular formula is C15H14F3N3O2S2. The first-order chi connectivity index (χ1) is 11.8. The van der Waals surface area contributed by atoms with E-state index in [1.165, 1.54) is 11.8 Å². The SMILES string of the molecule is C=Nc1oc(-c2ncccc2SCC)nc1/C=C(\C)[S+]([O-])C(F)(F)F. The molecule has 0 amide bonds. The standard InChI is InChI=1S/C15H14F3N3O2S2/c1-4-24-11-6-5-7-20-12(11)14-21-10(13(19-3)23-14)8-9(2)25(22)15(16,17)18/h5-8H,3-4H2,1-2H3/b9-8+. The summed E-state index contributed by atoms with van der Waals surface area (Å²) in [7, 11) is 0. The maximum atomic E-state index is 12.6. The minimum absolute atomic E-state index is 0.0122. The predicted molar refractivity (Wildman–Crippen MR) is 93.2 cm³/mol. The molecule has 0 radical (unpaired) electrons. The highest BCUT2D eigenvalue weighted by Gasteiger charge is 2.46. The lowest BCUT2D eigenvalue weighted by Crippen LogP contribution is -2.23. The third-order valence-electron chi connectivity index (χ3n) is 2.89. The van der Waals surface area contributed by atoms with Crippen LogP contribution in [0.15, 0.2) is 37.5 Å². The van der Waals surface area contributed by atoms with Crippen molar-refractivity contribution < 1.29 is 22.1 Å². The molecule has 1 atom stereocenters. The smallest absolute Gasteiger partial charge is 0.577 e. The Morgan fingerprint density at radius 2 is 2.24 bits per heavy atom. The van der Waals surface area contributed by atoms with Gasteiger partial charge in [-0.3, -0.25) is 0 Å². The molecule has 0 bridgehead atoms. The van der Waals surface area contributed by atoms with Crippen molar-refractivity contribution in [3.05, 3.63) is 28.9 Å². The Hall–Kier alpha value is -1.78. The number of oxazole rings is 1. The fourth-order valence-electron chi connectivity index (χ4n) is 1.88. The third-order valence-corrected chi connectivity index (χ3v) is 4.95. The largest absolute Gasteiger partial charge is 0.605 e. The zero-order valence-electron chi connectivity index (χ0n) is 13.3. The van der Waals surface area contributed by atoms with Gasteiger partial charge in [0, 0.05) is 24.1 Å². The Labute approximate surface area is 149 Å². The molecule has 0 aromatic carbocycles. The summed E-state index contributed by atoms with van der Waals surface area (Å²) < 4.78 is 54.5. The molecule has 0 fully saturated rings.